The van der Waals surface area contributed by atoms with Crippen molar-refractivity contribution in [1.82, 2.24) is 4.98 Å². The fourth-order valence-electron chi connectivity index (χ4n) is 1.76. The Morgan fingerprint density at radius 1 is 1.00 bits per heavy atom. The fraction of sp³-hybridized carbons (Fsp3) is 0.583. The van der Waals surface area contributed by atoms with E-state index < -0.39 is 0 Å². The number of rotatable bonds is 2. The molecule has 0 radical (unpaired) electrons. The maximum absolute atomic E-state index is 4.19. The van der Waals surface area contributed by atoms with Crippen molar-refractivity contribution in [2.45, 2.75) is 40.5 Å². The van der Waals surface area contributed by atoms with E-state index in [0.717, 1.165) is 0 Å². The van der Waals surface area contributed by atoms with E-state index >= 15 is 0 Å². The smallest absolute Gasteiger partial charge is 0.0300 e. The highest BCUT2D eigenvalue weighted by molar-refractivity contribution is 5.33. The SMILES string of the molecule is Cc1cncc(C)c1C(C)C(C)C. The Labute approximate surface area is 81.2 Å². The van der Waals surface area contributed by atoms with Gasteiger partial charge in [-0.15, -0.1) is 0 Å². The summed E-state index contributed by atoms with van der Waals surface area (Å²) in [6.45, 7) is 11.1. The summed E-state index contributed by atoms with van der Waals surface area (Å²) in [6.07, 6.45) is 3.92. The molecule has 1 aromatic rings. The highest BCUT2D eigenvalue weighted by Gasteiger charge is 2.14. The van der Waals surface area contributed by atoms with Gasteiger partial charge in [0.1, 0.15) is 0 Å². The molecule has 1 aromatic heterocycles. The number of nitrogens with zero attached hydrogens (tertiary/aromatic N) is 1. The Morgan fingerprint density at radius 2 is 1.46 bits per heavy atom. The molecule has 1 heteroatoms. The highest BCUT2D eigenvalue weighted by Crippen LogP contribution is 2.28. The Bertz CT molecular complexity index is 269. The second-order valence-corrected chi connectivity index (χ2v) is 4.22. The average molecular weight is 177 g/mol. The van der Waals surface area contributed by atoms with Crippen LogP contribution in [0.5, 0.6) is 0 Å². The molecule has 1 rings (SSSR count). The molecule has 0 saturated carbocycles. The summed E-state index contributed by atoms with van der Waals surface area (Å²) in [5.74, 6) is 1.32. The fourth-order valence-corrected chi connectivity index (χ4v) is 1.76. The molecule has 1 unspecified atom stereocenters. The molecule has 0 N–H and O–H groups in total. The molecule has 0 bridgehead atoms. The van der Waals surface area contributed by atoms with Crippen LogP contribution in [0.4, 0.5) is 0 Å². The van der Waals surface area contributed by atoms with Crippen molar-refractivity contribution < 1.29 is 0 Å². The minimum absolute atomic E-state index is 0.628. The number of hydrogen-bond donors (Lipinski definition) is 0. The van der Waals surface area contributed by atoms with Gasteiger partial charge in [-0.3, -0.25) is 4.98 Å². The molecule has 0 fully saturated rings. The second kappa shape index (κ2) is 3.91. The predicted molar refractivity (Wildman–Crippen MR) is 57.0 cm³/mol. The van der Waals surface area contributed by atoms with Gasteiger partial charge in [-0.05, 0) is 42.4 Å². The van der Waals surface area contributed by atoms with Crippen LogP contribution < -0.4 is 0 Å². The van der Waals surface area contributed by atoms with Crippen LogP contribution in [0.2, 0.25) is 0 Å². The molecule has 13 heavy (non-hydrogen) atoms. The maximum atomic E-state index is 4.19. The maximum Gasteiger partial charge on any atom is 0.0300 e. The Morgan fingerprint density at radius 3 is 1.85 bits per heavy atom. The highest BCUT2D eigenvalue weighted by atomic mass is 14.6. The number of hydrogen-bond acceptors (Lipinski definition) is 1. The van der Waals surface area contributed by atoms with Gasteiger partial charge in [0.2, 0.25) is 0 Å². The van der Waals surface area contributed by atoms with Crippen molar-refractivity contribution in [3.63, 3.8) is 0 Å². The standard InChI is InChI=1S/C12H19N/c1-8(2)11(5)12-9(3)6-13-7-10(12)4/h6-8,11H,1-5H3. The van der Waals surface area contributed by atoms with Crippen LogP contribution in [0.25, 0.3) is 0 Å². The summed E-state index contributed by atoms with van der Waals surface area (Å²) in [6, 6.07) is 0. The molecule has 0 saturated heterocycles. The molecule has 0 aliphatic heterocycles. The second-order valence-electron chi connectivity index (χ2n) is 4.22. The van der Waals surface area contributed by atoms with E-state index in [1.165, 1.54) is 16.7 Å². The van der Waals surface area contributed by atoms with E-state index in [1.807, 2.05) is 12.4 Å². The first-order valence-electron chi connectivity index (χ1n) is 4.95. The van der Waals surface area contributed by atoms with Gasteiger partial charge < -0.3 is 0 Å². The molecule has 1 nitrogen and oxygen atoms in total. The quantitative estimate of drug-likeness (QED) is 0.674. The monoisotopic (exact) mass is 177 g/mol. The van der Waals surface area contributed by atoms with E-state index in [0.29, 0.717) is 11.8 Å². The van der Waals surface area contributed by atoms with Gasteiger partial charge >= 0.3 is 0 Å². The summed E-state index contributed by atoms with van der Waals surface area (Å²) >= 11 is 0. The Balaban J connectivity index is 3.12. The van der Waals surface area contributed by atoms with Crippen molar-refractivity contribution in [2.24, 2.45) is 5.92 Å². The van der Waals surface area contributed by atoms with Gasteiger partial charge in [-0.1, -0.05) is 20.8 Å². The zero-order valence-corrected chi connectivity index (χ0v) is 9.26. The van der Waals surface area contributed by atoms with Crippen LogP contribution in [-0.2, 0) is 0 Å². The van der Waals surface area contributed by atoms with Crippen molar-refractivity contribution in [3.05, 3.63) is 29.1 Å². The summed E-state index contributed by atoms with van der Waals surface area (Å²) in [5.41, 5.74) is 4.12. The lowest BCUT2D eigenvalue weighted by Crippen LogP contribution is -2.06. The molecule has 0 aromatic carbocycles. The van der Waals surface area contributed by atoms with Gasteiger partial charge in [-0.2, -0.15) is 0 Å². The summed E-state index contributed by atoms with van der Waals surface area (Å²) in [7, 11) is 0. The van der Waals surface area contributed by atoms with Crippen LogP contribution in [0, 0.1) is 19.8 Å². The van der Waals surface area contributed by atoms with E-state index in [1.54, 1.807) is 0 Å². The molecule has 0 aliphatic rings. The van der Waals surface area contributed by atoms with Crippen molar-refractivity contribution in [3.8, 4) is 0 Å². The molecule has 72 valence electrons. The predicted octanol–water partition coefficient (Wildman–Crippen LogP) is 3.46. The van der Waals surface area contributed by atoms with Crippen LogP contribution in [0.15, 0.2) is 12.4 Å². The largest absolute Gasteiger partial charge is 0.264 e. The van der Waals surface area contributed by atoms with Crippen molar-refractivity contribution in [1.29, 1.82) is 0 Å². The van der Waals surface area contributed by atoms with E-state index in [9.17, 15) is 0 Å². The zero-order chi connectivity index (χ0) is 10.0. The Hall–Kier alpha value is -0.850. The summed E-state index contributed by atoms with van der Waals surface area (Å²) in [4.78, 5) is 4.19. The minimum atomic E-state index is 0.628. The first-order valence-corrected chi connectivity index (χ1v) is 4.95. The minimum Gasteiger partial charge on any atom is -0.264 e. The summed E-state index contributed by atoms with van der Waals surface area (Å²) < 4.78 is 0. The lowest BCUT2D eigenvalue weighted by atomic mass is 9.86. The van der Waals surface area contributed by atoms with E-state index in [4.69, 9.17) is 0 Å². The van der Waals surface area contributed by atoms with Gasteiger partial charge in [0, 0.05) is 12.4 Å². The number of aryl methyl sites for hydroxylation is 2. The van der Waals surface area contributed by atoms with Gasteiger partial charge in [0.15, 0.2) is 0 Å². The third-order valence-electron chi connectivity index (χ3n) is 2.84. The van der Waals surface area contributed by atoms with Crippen molar-refractivity contribution in [2.75, 3.05) is 0 Å². The molecule has 0 aliphatic carbocycles. The first-order chi connectivity index (χ1) is 6.04. The van der Waals surface area contributed by atoms with Gasteiger partial charge in [-0.25, -0.2) is 0 Å². The van der Waals surface area contributed by atoms with Crippen LogP contribution in [0.1, 0.15) is 43.4 Å². The normalized spacial score (nSPS) is 13.4. The Kier molecular flexibility index (Phi) is 3.07. The number of aromatic nitrogens is 1. The molecule has 1 heterocycles. The number of pyridine rings is 1. The molecule has 0 spiro atoms. The topological polar surface area (TPSA) is 12.9 Å². The first kappa shape index (κ1) is 10.2. The van der Waals surface area contributed by atoms with Crippen LogP contribution >= 0.6 is 0 Å². The zero-order valence-electron chi connectivity index (χ0n) is 9.26. The molecular weight excluding hydrogens is 158 g/mol. The lowest BCUT2D eigenvalue weighted by Gasteiger charge is -2.20. The van der Waals surface area contributed by atoms with Crippen LogP contribution in [-0.4, -0.2) is 4.98 Å². The van der Waals surface area contributed by atoms with Crippen LogP contribution in [0.3, 0.4) is 0 Å². The lowest BCUT2D eigenvalue weighted by molar-refractivity contribution is 0.530. The third-order valence-corrected chi connectivity index (χ3v) is 2.84. The van der Waals surface area contributed by atoms with Gasteiger partial charge in [0.05, 0.1) is 0 Å². The molecule has 1 atom stereocenters. The van der Waals surface area contributed by atoms with Gasteiger partial charge in [0.25, 0.3) is 0 Å². The van der Waals surface area contributed by atoms with E-state index in [-0.39, 0.29) is 0 Å². The summed E-state index contributed by atoms with van der Waals surface area (Å²) in [5, 5.41) is 0. The van der Waals surface area contributed by atoms with Crippen molar-refractivity contribution >= 4 is 0 Å². The molecule has 0 amide bonds. The molecular formula is C12H19N. The average Bonchev–Trinajstić information content (AvgIpc) is 2.03. The van der Waals surface area contributed by atoms with E-state index in [2.05, 4.69) is 39.6 Å². The third kappa shape index (κ3) is 2.09.